The number of pyridine rings is 1. The molecule has 140 valence electrons. The van der Waals surface area contributed by atoms with E-state index in [1.54, 1.807) is 6.20 Å². The first-order valence-corrected chi connectivity index (χ1v) is 9.80. The minimum atomic E-state index is 0.563. The number of ether oxygens (including phenoxy) is 2. The summed E-state index contributed by atoms with van der Waals surface area (Å²) in [6.45, 7) is 2.80. The van der Waals surface area contributed by atoms with E-state index in [4.69, 9.17) is 9.47 Å². The van der Waals surface area contributed by atoms with Crippen LogP contribution >= 0.6 is 15.9 Å². The molecule has 0 fully saturated rings. The van der Waals surface area contributed by atoms with Crippen LogP contribution < -0.4 is 14.8 Å². The Hall–Kier alpha value is -2.37. The molecule has 0 aliphatic carbocycles. The Morgan fingerprint density at radius 2 is 1.78 bits per heavy atom. The van der Waals surface area contributed by atoms with Crippen molar-refractivity contribution in [3.8, 4) is 11.6 Å². The summed E-state index contributed by atoms with van der Waals surface area (Å²) in [6, 6.07) is 22.0. The van der Waals surface area contributed by atoms with E-state index in [2.05, 4.69) is 44.4 Å². The molecule has 0 aliphatic rings. The minimum Gasteiger partial charge on any atom is -0.489 e. The lowest BCUT2D eigenvalue weighted by Crippen LogP contribution is -2.17. The molecule has 0 unspecified atom stereocenters. The molecular formula is C22H23BrN2O2. The van der Waals surface area contributed by atoms with E-state index in [0.717, 1.165) is 40.9 Å². The molecule has 0 saturated carbocycles. The van der Waals surface area contributed by atoms with Gasteiger partial charge in [0.05, 0.1) is 6.61 Å². The van der Waals surface area contributed by atoms with Gasteiger partial charge >= 0.3 is 0 Å². The quantitative estimate of drug-likeness (QED) is 0.464. The Balaban J connectivity index is 1.44. The van der Waals surface area contributed by atoms with E-state index >= 15 is 0 Å². The molecule has 0 radical (unpaired) electrons. The van der Waals surface area contributed by atoms with Crippen LogP contribution in [0.1, 0.15) is 17.5 Å². The molecule has 0 atom stereocenters. The third-order valence-corrected chi connectivity index (χ3v) is 4.45. The molecule has 4 nitrogen and oxygen atoms in total. The van der Waals surface area contributed by atoms with Crippen molar-refractivity contribution in [2.75, 3.05) is 13.2 Å². The molecule has 2 aromatic carbocycles. The van der Waals surface area contributed by atoms with E-state index in [1.807, 2.05) is 48.5 Å². The molecule has 27 heavy (non-hydrogen) atoms. The zero-order chi connectivity index (χ0) is 18.7. The predicted octanol–water partition coefficient (Wildman–Crippen LogP) is 4.98. The maximum atomic E-state index is 6.02. The largest absolute Gasteiger partial charge is 0.489 e. The van der Waals surface area contributed by atoms with Crippen LogP contribution in [0.3, 0.4) is 0 Å². The third kappa shape index (κ3) is 6.70. The SMILES string of the molecule is Brc1ccc(OCc2ccccc2)c(CNCCCOc2ccccn2)c1. The summed E-state index contributed by atoms with van der Waals surface area (Å²) >= 11 is 3.54. The Morgan fingerprint density at radius 3 is 2.59 bits per heavy atom. The second kappa shape index (κ2) is 10.7. The Bertz CT molecular complexity index is 813. The van der Waals surface area contributed by atoms with Gasteiger partial charge in [-0.25, -0.2) is 4.98 Å². The van der Waals surface area contributed by atoms with Crippen LogP contribution in [0.15, 0.2) is 77.4 Å². The van der Waals surface area contributed by atoms with Gasteiger partial charge in [0, 0.05) is 28.8 Å². The number of halogens is 1. The number of aromatic nitrogens is 1. The van der Waals surface area contributed by atoms with Crippen LogP contribution in [-0.2, 0) is 13.2 Å². The molecular weight excluding hydrogens is 404 g/mol. The van der Waals surface area contributed by atoms with Gasteiger partial charge in [-0.2, -0.15) is 0 Å². The summed E-state index contributed by atoms with van der Waals surface area (Å²) in [5.74, 6) is 1.57. The second-order valence-corrected chi connectivity index (χ2v) is 6.99. The van der Waals surface area contributed by atoms with Gasteiger partial charge < -0.3 is 14.8 Å². The van der Waals surface area contributed by atoms with Gasteiger partial charge in [-0.1, -0.05) is 52.3 Å². The van der Waals surface area contributed by atoms with Gasteiger partial charge in [-0.15, -0.1) is 0 Å². The van der Waals surface area contributed by atoms with Crippen molar-refractivity contribution in [2.45, 2.75) is 19.6 Å². The van der Waals surface area contributed by atoms with E-state index in [0.29, 0.717) is 19.1 Å². The molecule has 1 N–H and O–H groups in total. The number of nitrogens with zero attached hydrogens (tertiary/aromatic N) is 1. The van der Waals surface area contributed by atoms with Crippen LogP contribution in [0.4, 0.5) is 0 Å². The maximum absolute atomic E-state index is 6.02. The fraction of sp³-hybridized carbons (Fsp3) is 0.227. The summed E-state index contributed by atoms with van der Waals surface area (Å²) in [5.41, 5.74) is 2.29. The first-order chi connectivity index (χ1) is 13.3. The third-order valence-electron chi connectivity index (χ3n) is 3.96. The highest BCUT2D eigenvalue weighted by Crippen LogP contribution is 2.24. The first-order valence-electron chi connectivity index (χ1n) is 9.01. The average molecular weight is 427 g/mol. The molecule has 1 heterocycles. The molecule has 0 spiro atoms. The molecule has 5 heteroatoms. The van der Waals surface area contributed by atoms with Crippen LogP contribution in [-0.4, -0.2) is 18.1 Å². The molecule has 3 aromatic rings. The Kier molecular flexibility index (Phi) is 7.69. The summed E-state index contributed by atoms with van der Waals surface area (Å²) in [7, 11) is 0. The number of hydrogen-bond acceptors (Lipinski definition) is 4. The molecule has 0 aliphatic heterocycles. The fourth-order valence-corrected chi connectivity index (χ4v) is 3.00. The van der Waals surface area contributed by atoms with Gasteiger partial charge in [-0.05, 0) is 42.8 Å². The van der Waals surface area contributed by atoms with Crippen molar-refractivity contribution < 1.29 is 9.47 Å². The molecule has 1 aromatic heterocycles. The van der Waals surface area contributed by atoms with E-state index < -0.39 is 0 Å². The number of rotatable bonds is 10. The van der Waals surface area contributed by atoms with E-state index in [-0.39, 0.29) is 0 Å². The Morgan fingerprint density at radius 1 is 0.926 bits per heavy atom. The highest BCUT2D eigenvalue weighted by Gasteiger charge is 2.05. The lowest BCUT2D eigenvalue weighted by atomic mass is 10.2. The molecule has 3 rings (SSSR count). The first kappa shape index (κ1) is 19.4. The summed E-state index contributed by atoms with van der Waals surface area (Å²) in [4.78, 5) is 4.15. The number of nitrogens with one attached hydrogen (secondary N) is 1. The zero-order valence-corrected chi connectivity index (χ0v) is 16.7. The summed E-state index contributed by atoms with van der Waals surface area (Å²) < 4.78 is 12.7. The van der Waals surface area contributed by atoms with Crippen LogP contribution in [0.2, 0.25) is 0 Å². The fourth-order valence-electron chi connectivity index (χ4n) is 2.59. The lowest BCUT2D eigenvalue weighted by molar-refractivity contribution is 0.294. The van der Waals surface area contributed by atoms with Crippen molar-refractivity contribution >= 4 is 15.9 Å². The highest BCUT2D eigenvalue weighted by atomic mass is 79.9. The van der Waals surface area contributed by atoms with Gasteiger partial charge in [-0.3, -0.25) is 0 Å². The number of benzene rings is 2. The van der Waals surface area contributed by atoms with Crippen molar-refractivity contribution in [3.05, 3.63) is 88.5 Å². The predicted molar refractivity (Wildman–Crippen MR) is 111 cm³/mol. The van der Waals surface area contributed by atoms with E-state index in [1.165, 1.54) is 0 Å². The van der Waals surface area contributed by atoms with Crippen LogP contribution in [0.5, 0.6) is 11.6 Å². The molecule has 0 amide bonds. The average Bonchev–Trinajstić information content (AvgIpc) is 2.71. The maximum Gasteiger partial charge on any atom is 0.213 e. The highest BCUT2D eigenvalue weighted by molar-refractivity contribution is 9.10. The van der Waals surface area contributed by atoms with Crippen molar-refractivity contribution in [3.63, 3.8) is 0 Å². The van der Waals surface area contributed by atoms with Gasteiger partial charge in [0.2, 0.25) is 5.88 Å². The number of hydrogen-bond donors (Lipinski definition) is 1. The Labute approximate surface area is 168 Å². The van der Waals surface area contributed by atoms with Gasteiger partial charge in [0.25, 0.3) is 0 Å². The smallest absolute Gasteiger partial charge is 0.213 e. The molecule has 0 saturated heterocycles. The normalized spacial score (nSPS) is 10.6. The summed E-state index contributed by atoms with van der Waals surface area (Å²) in [6.07, 6.45) is 2.64. The standard InChI is InChI=1S/C22H23BrN2O2/c23-20-10-11-21(27-17-18-7-2-1-3-8-18)19(15-20)16-24-12-6-14-26-22-9-4-5-13-25-22/h1-5,7-11,13,15,24H,6,12,14,16-17H2. The monoisotopic (exact) mass is 426 g/mol. The van der Waals surface area contributed by atoms with Crippen LogP contribution in [0.25, 0.3) is 0 Å². The molecule has 0 bridgehead atoms. The van der Waals surface area contributed by atoms with Gasteiger partial charge in [0.15, 0.2) is 0 Å². The van der Waals surface area contributed by atoms with Crippen LogP contribution in [0, 0.1) is 0 Å². The summed E-state index contributed by atoms with van der Waals surface area (Å²) in [5, 5.41) is 3.45. The lowest BCUT2D eigenvalue weighted by Gasteiger charge is -2.13. The van der Waals surface area contributed by atoms with Gasteiger partial charge in [0.1, 0.15) is 12.4 Å². The van der Waals surface area contributed by atoms with Crippen molar-refractivity contribution in [1.29, 1.82) is 0 Å². The topological polar surface area (TPSA) is 43.4 Å². The second-order valence-electron chi connectivity index (χ2n) is 6.07. The van der Waals surface area contributed by atoms with Crippen molar-refractivity contribution in [1.82, 2.24) is 10.3 Å². The van der Waals surface area contributed by atoms with Crippen molar-refractivity contribution in [2.24, 2.45) is 0 Å². The van der Waals surface area contributed by atoms with E-state index in [9.17, 15) is 0 Å². The zero-order valence-electron chi connectivity index (χ0n) is 15.1. The minimum absolute atomic E-state index is 0.563.